The van der Waals surface area contributed by atoms with Crippen LogP contribution in [0.2, 0.25) is 10.0 Å². The number of benzene rings is 5. The van der Waals surface area contributed by atoms with Crippen LogP contribution in [-0.2, 0) is 55.7 Å². The van der Waals surface area contributed by atoms with E-state index >= 15 is 0 Å². The number of nitrogens with zero attached hydrogens (tertiary/aromatic N) is 3. The van der Waals surface area contributed by atoms with E-state index in [-0.39, 0.29) is 38.6 Å². The van der Waals surface area contributed by atoms with Crippen LogP contribution in [0.25, 0.3) is 0 Å². The summed E-state index contributed by atoms with van der Waals surface area (Å²) in [5, 5.41) is 28.3. The van der Waals surface area contributed by atoms with Crippen LogP contribution in [0.1, 0.15) is 74.8 Å². The van der Waals surface area contributed by atoms with Crippen LogP contribution < -0.4 is 20.9 Å². The summed E-state index contributed by atoms with van der Waals surface area (Å²) >= 11 is 11.7. The summed E-state index contributed by atoms with van der Waals surface area (Å²) < 4.78 is 222. The van der Waals surface area contributed by atoms with Gasteiger partial charge in [-0.3, -0.25) is 0 Å². The highest BCUT2D eigenvalue weighted by Gasteiger charge is 2.40. The van der Waals surface area contributed by atoms with Gasteiger partial charge in [0.15, 0.2) is 9.81 Å². The Balaban J connectivity index is 0.000000298. The molecule has 5 aromatic carbocycles. The van der Waals surface area contributed by atoms with Gasteiger partial charge in [-0.15, -0.1) is 0 Å². The molecule has 1 fully saturated rings. The predicted molar refractivity (Wildman–Crippen MR) is 275 cm³/mol. The lowest BCUT2D eigenvalue weighted by molar-refractivity contribution is -0.144. The summed E-state index contributed by atoms with van der Waals surface area (Å²) in [4.78, 5) is -1.77. The molecule has 0 spiro atoms. The maximum atomic E-state index is 13.5. The lowest BCUT2D eigenvalue weighted by Crippen LogP contribution is -2.43. The average molecular weight is 1210 g/mol. The van der Waals surface area contributed by atoms with Gasteiger partial charge in [-0.25, -0.2) is 16.8 Å². The fraction of sp³-hybridized carbons (Fsp3) is 0.321. The van der Waals surface area contributed by atoms with Gasteiger partial charge in [0.05, 0.1) is 50.8 Å². The van der Waals surface area contributed by atoms with E-state index < -0.39 is 123 Å². The number of hydrogen-bond donors (Lipinski definition) is 3. The minimum absolute atomic E-state index is 0.0401. The number of anilines is 2. The molecule has 3 N–H and O–H groups in total. The van der Waals surface area contributed by atoms with Gasteiger partial charge in [-0.1, -0.05) is 74.3 Å². The third kappa shape index (κ3) is 16.5. The Morgan fingerprint density at radius 2 is 1.07 bits per heavy atom. The Labute approximate surface area is 463 Å². The fourth-order valence-corrected chi connectivity index (χ4v) is 10.3. The van der Waals surface area contributed by atoms with Gasteiger partial charge in [-0.2, -0.15) is 63.2 Å². The van der Waals surface area contributed by atoms with E-state index in [1.165, 1.54) is 24.3 Å². The second-order valence-corrected chi connectivity index (χ2v) is 23.7. The van der Waals surface area contributed by atoms with E-state index in [2.05, 4.69) is 16.0 Å². The highest BCUT2D eigenvalue weighted by atomic mass is 35.5. The van der Waals surface area contributed by atoms with E-state index in [9.17, 15) is 80.0 Å². The Morgan fingerprint density at radius 1 is 0.650 bits per heavy atom. The normalized spacial score (nSPS) is 16.4. The maximum absolute atomic E-state index is 13.5. The van der Waals surface area contributed by atoms with E-state index in [0.29, 0.717) is 43.5 Å². The van der Waals surface area contributed by atoms with E-state index in [0.717, 1.165) is 41.8 Å². The first kappa shape index (κ1) is 64.2. The van der Waals surface area contributed by atoms with Crippen molar-refractivity contribution in [2.45, 2.75) is 106 Å². The van der Waals surface area contributed by atoms with Crippen LogP contribution in [0, 0.1) is 28.1 Å². The largest absolute Gasteiger partial charge is 0.416 e. The molecule has 80 heavy (non-hydrogen) atoms. The summed E-state index contributed by atoms with van der Waals surface area (Å²) in [5.41, 5.74) is -7.48. The van der Waals surface area contributed by atoms with Crippen LogP contribution >= 0.6 is 23.2 Å². The van der Waals surface area contributed by atoms with Crippen molar-refractivity contribution >= 4 is 54.3 Å². The first-order valence-corrected chi connectivity index (χ1v) is 27.2. The third-order valence-corrected chi connectivity index (χ3v) is 16.3. The first-order chi connectivity index (χ1) is 36.9. The monoisotopic (exact) mass is 1210 g/mol. The molecule has 1 aliphatic rings. The zero-order chi connectivity index (χ0) is 60.0. The van der Waals surface area contributed by atoms with Gasteiger partial charge in [0.2, 0.25) is 19.7 Å². The number of alkyl halides is 12. The maximum Gasteiger partial charge on any atom is 0.416 e. The van der Waals surface area contributed by atoms with Gasteiger partial charge in [-0.05, 0) is 122 Å². The molecule has 430 valence electrons. The van der Waals surface area contributed by atoms with Gasteiger partial charge in [0, 0.05) is 34.5 Å². The molecule has 2 unspecified atom stereocenters. The van der Waals surface area contributed by atoms with E-state index in [4.69, 9.17) is 27.9 Å². The number of hydrogen-bond acceptors (Lipinski definition) is 11. The Morgan fingerprint density at radius 3 is 1.49 bits per heavy atom. The van der Waals surface area contributed by atoms with Gasteiger partial charge < -0.3 is 25.6 Å². The minimum atomic E-state index is -5.15. The van der Waals surface area contributed by atoms with Crippen LogP contribution in [0.5, 0.6) is 0 Å². The Bertz CT molecular complexity index is 3330. The molecule has 5 aromatic rings. The minimum Gasteiger partial charge on any atom is -0.371 e. The fourth-order valence-electron chi connectivity index (χ4n) is 7.53. The smallest absolute Gasteiger partial charge is 0.371 e. The molecule has 3 atom stereocenters. The second-order valence-electron chi connectivity index (χ2n) is 19.0. The topological polar surface area (TPSA) is 164 Å². The number of nitrogens with one attached hydrogen (secondary N) is 3. The molecule has 0 aliphatic heterocycles. The summed E-state index contributed by atoms with van der Waals surface area (Å²) in [6.45, 7) is 7.15. The SMILES string of the molecule is CC(NC(=C(C#N)S(=O)(=O)c1ccc(Cl)cc1)N(C)c1cc(C(F)(F)F)cc(C(F)(F)F)c1)C(C)(C)C.N#CC(=C(Nc1cc(C(F)(F)F)cc(C(F)(F)F)c1)NC1CCC[C@@H]1OCc1ccccc1)S(=O)(=O)c1ccc(Cl)cc1. The third-order valence-electron chi connectivity index (χ3n) is 12.3. The summed E-state index contributed by atoms with van der Waals surface area (Å²) in [6.07, 6.45) is -19.5. The first-order valence-electron chi connectivity index (χ1n) is 23.5. The lowest BCUT2D eigenvalue weighted by Gasteiger charge is -2.34. The molecule has 1 aliphatic carbocycles. The highest BCUT2D eigenvalue weighted by molar-refractivity contribution is 7.96. The van der Waals surface area contributed by atoms with Gasteiger partial charge >= 0.3 is 24.7 Å². The Kier molecular flexibility index (Phi) is 20.1. The van der Waals surface area contributed by atoms with Gasteiger partial charge in [0.25, 0.3) is 0 Å². The van der Waals surface area contributed by atoms with Crippen molar-refractivity contribution in [3.63, 3.8) is 0 Å². The molecule has 11 nitrogen and oxygen atoms in total. The standard InChI is InChI=1S/C29H24ClF6N3O3S.C24H24ClF6N3O2S/c30-21-9-11-23(12-10-21)43(40,41)26(16-37)27(38-22-14-19(28(31,32)33)13-20(15-22)29(34,35)36)39-24-7-4-8-25(24)42-17-18-5-2-1-3-6-18;1-14(22(2,3)4)33-21(20(13-32)37(35,36)19-8-6-17(25)7-9-19)34(5)18-11-15(23(26,27)28)10-16(12-18)24(29,30)31/h1-3,5-6,9-15,24-25,38-39H,4,7-8,17H2;6-12,14,33H,1-5H3/t24?,25-;/m0./s1. The summed E-state index contributed by atoms with van der Waals surface area (Å²) in [6, 6.07) is 22.2. The predicted octanol–water partition coefficient (Wildman–Crippen LogP) is 14.7. The van der Waals surface area contributed by atoms with E-state index in [1.807, 2.05) is 30.3 Å². The molecule has 1 saturated carbocycles. The number of allylic oxidation sites excluding steroid dienone is 2. The highest BCUT2D eigenvalue weighted by Crippen LogP contribution is 2.41. The average Bonchev–Trinajstić information content (AvgIpc) is 3.81. The van der Waals surface area contributed by atoms with Crippen molar-refractivity contribution in [1.29, 1.82) is 10.5 Å². The molecule has 27 heteroatoms. The number of halogens is 14. The van der Waals surface area contributed by atoms with Crippen LogP contribution in [-0.4, -0.2) is 42.1 Å². The molecule has 0 heterocycles. The van der Waals surface area contributed by atoms with Crippen LogP contribution in [0.4, 0.5) is 64.1 Å². The van der Waals surface area contributed by atoms with Crippen LogP contribution in [0.3, 0.4) is 0 Å². The number of ether oxygens (including phenoxy) is 1. The molecule has 0 bridgehead atoms. The van der Waals surface area contributed by atoms with Crippen molar-refractivity contribution in [2.75, 3.05) is 17.3 Å². The molecular formula is C53H48Cl2F12N6O5S2. The number of sulfone groups is 2. The molecule has 0 saturated heterocycles. The lowest BCUT2D eigenvalue weighted by atomic mass is 9.88. The van der Waals surface area contributed by atoms with Gasteiger partial charge in [0.1, 0.15) is 23.8 Å². The number of nitriles is 2. The molecule has 0 radical (unpaired) electrons. The van der Waals surface area contributed by atoms with Crippen molar-refractivity contribution < 1.29 is 74.3 Å². The molecular weight excluding hydrogens is 1160 g/mol. The van der Waals surface area contributed by atoms with E-state index in [1.54, 1.807) is 39.8 Å². The van der Waals surface area contributed by atoms with Crippen molar-refractivity contribution in [3.05, 3.63) is 175 Å². The zero-order valence-electron chi connectivity index (χ0n) is 42.5. The zero-order valence-corrected chi connectivity index (χ0v) is 45.7. The quantitative estimate of drug-likeness (QED) is 0.0675. The van der Waals surface area contributed by atoms with Crippen molar-refractivity contribution in [1.82, 2.24) is 10.6 Å². The second kappa shape index (κ2) is 25.0. The number of rotatable bonds is 15. The molecule has 0 aromatic heterocycles. The Hall–Kier alpha value is -6.64. The summed E-state index contributed by atoms with van der Waals surface area (Å²) in [7, 11) is -8.13. The summed E-state index contributed by atoms with van der Waals surface area (Å²) in [5.74, 6) is -1.09. The molecule has 6 rings (SSSR count). The van der Waals surface area contributed by atoms with Crippen molar-refractivity contribution in [3.8, 4) is 12.1 Å². The van der Waals surface area contributed by atoms with Crippen molar-refractivity contribution in [2.24, 2.45) is 5.41 Å². The van der Waals surface area contributed by atoms with Crippen LogP contribution in [0.15, 0.2) is 147 Å². The molecule has 0 amide bonds.